The molecule has 8 nitrogen and oxygen atoms in total. The van der Waals surface area contributed by atoms with Gasteiger partial charge in [-0.25, -0.2) is 8.42 Å². The van der Waals surface area contributed by atoms with Crippen LogP contribution in [0.5, 0.6) is 0 Å². The average molecular weight is 524 g/mol. The van der Waals surface area contributed by atoms with Crippen LogP contribution in [0.25, 0.3) is 11.1 Å². The van der Waals surface area contributed by atoms with E-state index in [1.54, 1.807) is 12.1 Å². The summed E-state index contributed by atoms with van der Waals surface area (Å²) in [7, 11) is -0.341. The Morgan fingerprint density at radius 3 is 2.19 bits per heavy atom. The average Bonchev–Trinajstić information content (AvgIpc) is 2.75. The number of hydrogen-bond donors (Lipinski definition) is 1. The van der Waals surface area contributed by atoms with Gasteiger partial charge >= 0.3 is 5.97 Å². The van der Waals surface area contributed by atoms with Crippen molar-refractivity contribution in [2.45, 2.75) is 17.4 Å². The van der Waals surface area contributed by atoms with Crippen molar-refractivity contribution in [1.82, 2.24) is 14.1 Å². The molecule has 1 N–H and O–H groups in total. The lowest BCUT2D eigenvalue weighted by atomic mass is 10.1. The van der Waals surface area contributed by atoms with Gasteiger partial charge in [0.1, 0.15) is 6.04 Å². The van der Waals surface area contributed by atoms with Crippen molar-refractivity contribution in [1.29, 1.82) is 0 Å². The number of halogens is 1. The summed E-state index contributed by atoms with van der Waals surface area (Å²) in [5.41, 5.74) is 1.75. The molecule has 172 valence electrons. The molecule has 0 radical (unpaired) electrons. The van der Waals surface area contributed by atoms with Gasteiger partial charge in [-0.15, -0.1) is 0 Å². The van der Waals surface area contributed by atoms with Crippen molar-refractivity contribution < 1.29 is 23.1 Å². The number of nitrogens with zero attached hydrogens (tertiary/aromatic N) is 3. The van der Waals surface area contributed by atoms with Gasteiger partial charge in [-0.1, -0.05) is 40.2 Å². The second-order valence-electron chi connectivity index (χ2n) is 7.93. The molecule has 3 rings (SSSR count). The van der Waals surface area contributed by atoms with Crippen LogP contribution in [0, 0.1) is 0 Å². The van der Waals surface area contributed by atoms with E-state index in [4.69, 9.17) is 0 Å². The van der Waals surface area contributed by atoms with E-state index >= 15 is 0 Å². The van der Waals surface area contributed by atoms with Crippen molar-refractivity contribution in [2.24, 2.45) is 0 Å². The van der Waals surface area contributed by atoms with E-state index in [2.05, 4.69) is 15.9 Å². The van der Waals surface area contributed by atoms with Crippen LogP contribution in [0.3, 0.4) is 0 Å². The van der Waals surface area contributed by atoms with Crippen LogP contribution >= 0.6 is 15.9 Å². The summed E-state index contributed by atoms with van der Waals surface area (Å²) in [6.45, 7) is 0.471. The molecule has 0 spiro atoms. The van der Waals surface area contributed by atoms with Crippen molar-refractivity contribution in [3.05, 3.63) is 53.0 Å². The van der Waals surface area contributed by atoms with Crippen LogP contribution < -0.4 is 0 Å². The van der Waals surface area contributed by atoms with Gasteiger partial charge in [-0.3, -0.25) is 9.59 Å². The number of piperazine rings is 1. The standard InChI is InChI=1S/C22H26BrN3O5S/c1-24(2)12-3-13-25-14-20(22(28)29)26(15-21(25)27)32(30,31)19-10-6-17(7-11-19)16-4-8-18(23)9-5-16/h4-11,20H,3,12-15H2,1-2H3,(H,28,29). The molecular weight excluding hydrogens is 498 g/mol. The normalized spacial score (nSPS) is 17.7. The van der Waals surface area contributed by atoms with E-state index in [1.807, 2.05) is 43.3 Å². The molecule has 1 fully saturated rings. The van der Waals surface area contributed by atoms with E-state index in [9.17, 15) is 23.1 Å². The monoisotopic (exact) mass is 523 g/mol. The summed E-state index contributed by atoms with van der Waals surface area (Å²) < 4.78 is 28.2. The first-order chi connectivity index (χ1) is 15.1. The molecule has 1 saturated heterocycles. The highest BCUT2D eigenvalue weighted by Gasteiger charge is 2.43. The Morgan fingerprint density at radius 1 is 1.09 bits per heavy atom. The molecule has 32 heavy (non-hydrogen) atoms. The van der Waals surface area contributed by atoms with E-state index in [0.717, 1.165) is 26.4 Å². The number of carbonyl (C=O) groups is 2. The molecule has 1 heterocycles. The van der Waals surface area contributed by atoms with Gasteiger partial charge < -0.3 is 14.9 Å². The number of carboxylic acid groups (broad SMARTS) is 1. The molecule has 1 unspecified atom stereocenters. The molecule has 0 aliphatic carbocycles. The second-order valence-corrected chi connectivity index (χ2v) is 10.7. The van der Waals surface area contributed by atoms with E-state index < -0.39 is 34.5 Å². The summed E-state index contributed by atoms with van der Waals surface area (Å²) >= 11 is 3.38. The lowest BCUT2D eigenvalue weighted by Crippen LogP contribution is -2.60. The number of benzene rings is 2. The number of carboxylic acids is 1. The number of hydrogen-bond acceptors (Lipinski definition) is 5. The van der Waals surface area contributed by atoms with Crippen molar-refractivity contribution >= 4 is 37.8 Å². The fourth-order valence-electron chi connectivity index (χ4n) is 3.59. The summed E-state index contributed by atoms with van der Waals surface area (Å²) in [4.78, 5) is 27.9. The topological polar surface area (TPSA) is 98.2 Å². The lowest BCUT2D eigenvalue weighted by Gasteiger charge is -2.38. The van der Waals surface area contributed by atoms with Gasteiger partial charge in [-0.05, 0) is 62.5 Å². The molecule has 10 heteroatoms. The molecule has 0 aromatic heterocycles. The molecule has 2 aromatic rings. The lowest BCUT2D eigenvalue weighted by molar-refractivity contribution is -0.148. The minimum Gasteiger partial charge on any atom is -0.480 e. The van der Waals surface area contributed by atoms with Gasteiger partial charge in [0, 0.05) is 17.6 Å². The van der Waals surface area contributed by atoms with Crippen molar-refractivity contribution in [2.75, 3.05) is 40.3 Å². The summed E-state index contributed by atoms with van der Waals surface area (Å²) in [5.74, 6) is -1.67. The highest BCUT2D eigenvalue weighted by Crippen LogP contribution is 2.26. The molecular formula is C22H26BrN3O5S. The minimum atomic E-state index is -4.16. The number of aliphatic carboxylic acids is 1. The predicted octanol–water partition coefficient (Wildman–Crippen LogP) is 2.35. The fraction of sp³-hybridized carbons (Fsp3) is 0.364. The van der Waals surface area contributed by atoms with Gasteiger partial charge in [0.25, 0.3) is 0 Å². The van der Waals surface area contributed by atoms with Gasteiger partial charge in [0.2, 0.25) is 15.9 Å². The molecule has 1 aliphatic heterocycles. The van der Waals surface area contributed by atoms with Crippen molar-refractivity contribution in [3.63, 3.8) is 0 Å². The molecule has 2 aromatic carbocycles. The maximum atomic E-state index is 13.2. The van der Waals surface area contributed by atoms with E-state index in [-0.39, 0.29) is 11.4 Å². The maximum Gasteiger partial charge on any atom is 0.323 e. The Morgan fingerprint density at radius 2 is 1.66 bits per heavy atom. The second kappa shape index (κ2) is 10.1. The molecule has 1 aliphatic rings. The van der Waals surface area contributed by atoms with Crippen LogP contribution in [-0.2, 0) is 19.6 Å². The Labute approximate surface area is 196 Å². The number of carbonyl (C=O) groups excluding carboxylic acids is 1. The largest absolute Gasteiger partial charge is 0.480 e. The smallest absolute Gasteiger partial charge is 0.323 e. The van der Waals surface area contributed by atoms with Gasteiger partial charge in [-0.2, -0.15) is 4.31 Å². The Balaban J connectivity index is 1.81. The van der Waals surface area contributed by atoms with Crippen LogP contribution in [0.15, 0.2) is 57.9 Å². The first-order valence-electron chi connectivity index (χ1n) is 10.1. The van der Waals surface area contributed by atoms with Gasteiger partial charge in [0.05, 0.1) is 11.4 Å². The van der Waals surface area contributed by atoms with Crippen LogP contribution in [0.2, 0.25) is 0 Å². The summed E-state index contributed by atoms with van der Waals surface area (Å²) in [6.07, 6.45) is 0.676. The first kappa shape index (κ1) is 24.4. The predicted molar refractivity (Wildman–Crippen MR) is 125 cm³/mol. The third kappa shape index (κ3) is 5.55. The summed E-state index contributed by atoms with van der Waals surface area (Å²) in [5, 5.41) is 9.70. The zero-order chi connectivity index (χ0) is 23.5. The third-order valence-electron chi connectivity index (χ3n) is 5.34. The van der Waals surface area contributed by atoms with Gasteiger partial charge in [0.15, 0.2) is 0 Å². The minimum absolute atomic E-state index is 0.0431. The first-order valence-corrected chi connectivity index (χ1v) is 12.4. The van der Waals surface area contributed by atoms with Crippen LogP contribution in [0.4, 0.5) is 0 Å². The quantitative estimate of drug-likeness (QED) is 0.570. The molecule has 1 atom stereocenters. The third-order valence-corrected chi connectivity index (χ3v) is 7.74. The Kier molecular flexibility index (Phi) is 7.71. The zero-order valence-electron chi connectivity index (χ0n) is 17.9. The van der Waals surface area contributed by atoms with E-state index in [1.165, 1.54) is 17.0 Å². The maximum absolute atomic E-state index is 13.2. The fourth-order valence-corrected chi connectivity index (χ4v) is 5.38. The van der Waals surface area contributed by atoms with Crippen molar-refractivity contribution in [3.8, 4) is 11.1 Å². The Hall–Kier alpha value is -2.27. The SMILES string of the molecule is CN(C)CCCN1CC(C(=O)O)N(S(=O)(=O)c2ccc(-c3ccc(Br)cc3)cc2)CC1=O. The zero-order valence-corrected chi connectivity index (χ0v) is 20.3. The number of sulfonamides is 1. The number of rotatable bonds is 8. The van der Waals surface area contributed by atoms with Crippen LogP contribution in [0.1, 0.15) is 6.42 Å². The highest BCUT2D eigenvalue weighted by atomic mass is 79.9. The summed E-state index contributed by atoms with van der Waals surface area (Å²) in [6, 6.07) is 12.5. The molecule has 0 bridgehead atoms. The Bertz CT molecular complexity index is 1070. The molecule has 0 saturated carbocycles. The van der Waals surface area contributed by atoms with Crippen LogP contribution in [-0.4, -0.2) is 85.8 Å². The number of amides is 1. The van der Waals surface area contributed by atoms with E-state index in [0.29, 0.717) is 13.0 Å². The highest BCUT2D eigenvalue weighted by molar-refractivity contribution is 9.10. The molecule has 1 amide bonds.